The molecule has 0 fully saturated rings. The summed E-state index contributed by atoms with van der Waals surface area (Å²) in [7, 11) is 0. The van der Waals surface area contributed by atoms with Crippen LogP contribution in [-0.2, 0) is 17.6 Å². The first-order chi connectivity index (χ1) is 12.5. The van der Waals surface area contributed by atoms with E-state index in [2.05, 4.69) is 10.3 Å². The Labute approximate surface area is 159 Å². The van der Waals surface area contributed by atoms with Gasteiger partial charge < -0.3 is 5.32 Å². The van der Waals surface area contributed by atoms with Crippen molar-refractivity contribution in [3.8, 4) is 0 Å². The van der Waals surface area contributed by atoms with Gasteiger partial charge >= 0.3 is 0 Å². The van der Waals surface area contributed by atoms with Crippen molar-refractivity contribution >= 4 is 44.7 Å². The summed E-state index contributed by atoms with van der Waals surface area (Å²) in [5.41, 5.74) is 1.64. The van der Waals surface area contributed by atoms with Gasteiger partial charge in [-0.2, -0.15) is 0 Å². The minimum Gasteiger partial charge on any atom is -0.324 e. The van der Waals surface area contributed by atoms with Crippen LogP contribution in [0, 0.1) is 0 Å². The molecule has 0 saturated heterocycles. The zero-order valence-electron chi connectivity index (χ0n) is 14.3. The Morgan fingerprint density at radius 2 is 2.00 bits per heavy atom. The van der Waals surface area contributed by atoms with Crippen LogP contribution in [0.4, 0.5) is 5.69 Å². The van der Waals surface area contributed by atoms with E-state index in [0.717, 1.165) is 36.1 Å². The predicted molar refractivity (Wildman–Crippen MR) is 105 cm³/mol. The molecular weight excluding hydrogens is 370 g/mol. The molecule has 2 aromatic heterocycles. The molecule has 1 aliphatic carbocycles. The summed E-state index contributed by atoms with van der Waals surface area (Å²) in [5, 5.41) is 4.11. The van der Waals surface area contributed by atoms with E-state index in [9.17, 15) is 9.59 Å². The van der Waals surface area contributed by atoms with Gasteiger partial charge in [0.2, 0.25) is 5.91 Å². The molecule has 1 aromatic carbocycles. The lowest BCUT2D eigenvalue weighted by molar-refractivity contribution is -0.118. The lowest BCUT2D eigenvalue weighted by atomic mass is 9.97. The van der Waals surface area contributed by atoms with Gasteiger partial charge in [-0.25, -0.2) is 4.98 Å². The predicted octanol–water partition coefficient (Wildman–Crippen LogP) is 4.19. The molecule has 7 heteroatoms. The Balaban J connectivity index is 1.67. The van der Waals surface area contributed by atoms with Crippen LogP contribution in [0.5, 0.6) is 0 Å². The quantitative estimate of drug-likeness (QED) is 0.732. The third-order valence-corrected chi connectivity index (χ3v) is 6.26. The van der Waals surface area contributed by atoms with Crippen molar-refractivity contribution in [2.24, 2.45) is 0 Å². The van der Waals surface area contributed by atoms with Gasteiger partial charge in [-0.15, -0.1) is 11.3 Å². The number of carbonyl (C=O) groups is 1. The van der Waals surface area contributed by atoms with E-state index in [4.69, 9.17) is 11.6 Å². The SMILES string of the molecule is C[C@H](C(=O)Nc1ccc(Cl)cc1)n1cnc2sc3c(c2c1=O)CCCC3. The zero-order chi connectivity index (χ0) is 18.3. The van der Waals surface area contributed by atoms with Gasteiger partial charge in [-0.05, 0) is 62.4 Å². The fourth-order valence-corrected chi connectivity index (χ4v) is 4.69. The molecule has 1 N–H and O–H groups in total. The Morgan fingerprint density at radius 1 is 1.27 bits per heavy atom. The molecule has 1 atom stereocenters. The first-order valence-corrected chi connectivity index (χ1v) is 9.82. The lowest BCUT2D eigenvalue weighted by Gasteiger charge is -2.15. The largest absolute Gasteiger partial charge is 0.324 e. The number of amides is 1. The number of benzene rings is 1. The molecule has 0 bridgehead atoms. The van der Waals surface area contributed by atoms with Crippen LogP contribution in [-0.4, -0.2) is 15.5 Å². The van der Waals surface area contributed by atoms with Crippen LogP contribution in [0.15, 0.2) is 35.4 Å². The van der Waals surface area contributed by atoms with Crippen LogP contribution >= 0.6 is 22.9 Å². The molecule has 2 heterocycles. The molecule has 0 spiro atoms. The van der Waals surface area contributed by atoms with Gasteiger partial charge in [-0.3, -0.25) is 14.2 Å². The number of aryl methyl sites for hydroxylation is 2. The zero-order valence-corrected chi connectivity index (χ0v) is 15.9. The van der Waals surface area contributed by atoms with E-state index in [1.54, 1.807) is 42.5 Å². The minimum absolute atomic E-state index is 0.131. The second kappa shape index (κ2) is 6.85. The van der Waals surface area contributed by atoms with Gasteiger partial charge in [0.15, 0.2) is 0 Å². The maximum atomic E-state index is 13.0. The van der Waals surface area contributed by atoms with Gasteiger partial charge in [0, 0.05) is 15.6 Å². The molecule has 3 aromatic rings. The highest BCUT2D eigenvalue weighted by atomic mass is 35.5. The molecule has 0 radical (unpaired) electrons. The van der Waals surface area contributed by atoms with Gasteiger partial charge in [0.25, 0.3) is 5.56 Å². The highest BCUT2D eigenvalue weighted by Crippen LogP contribution is 2.33. The van der Waals surface area contributed by atoms with Crippen molar-refractivity contribution in [1.82, 2.24) is 9.55 Å². The molecule has 134 valence electrons. The summed E-state index contributed by atoms with van der Waals surface area (Å²) >= 11 is 7.47. The standard InChI is InChI=1S/C19H18ClN3O2S/c1-11(17(24)22-13-8-6-12(20)7-9-13)23-10-21-18-16(19(23)25)14-4-2-3-5-15(14)26-18/h6-11H,2-5H2,1H3,(H,22,24)/t11-/m1/s1. The molecule has 1 amide bonds. The number of hydrogen-bond acceptors (Lipinski definition) is 4. The van der Waals surface area contributed by atoms with Crippen molar-refractivity contribution in [3.63, 3.8) is 0 Å². The summed E-state index contributed by atoms with van der Waals surface area (Å²) < 4.78 is 1.43. The van der Waals surface area contributed by atoms with E-state index in [0.29, 0.717) is 16.1 Å². The average Bonchev–Trinajstić information content (AvgIpc) is 3.02. The number of nitrogens with one attached hydrogen (secondary N) is 1. The van der Waals surface area contributed by atoms with E-state index in [1.165, 1.54) is 15.8 Å². The van der Waals surface area contributed by atoms with Crippen molar-refractivity contribution in [2.45, 2.75) is 38.6 Å². The minimum atomic E-state index is -0.658. The maximum absolute atomic E-state index is 13.0. The molecular formula is C19H18ClN3O2S. The summed E-state index contributed by atoms with van der Waals surface area (Å²) in [5.74, 6) is -0.264. The Hall–Kier alpha value is -2.18. The summed E-state index contributed by atoms with van der Waals surface area (Å²) in [4.78, 5) is 32.1. The van der Waals surface area contributed by atoms with Crippen LogP contribution in [0.25, 0.3) is 10.2 Å². The van der Waals surface area contributed by atoms with Crippen LogP contribution in [0.2, 0.25) is 5.02 Å². The molecule has 0 unspecified atom stereocenters. The third-order valence-electron chi connectivity index (χ3n) is 4.81. The van der Waals surface area contributed by atoms with Crippen LogP contribution in [0.1, 0.15) is 36.2 Å². The van der Waals surface area contributed by atoms with Crippen LogP contribution in [0.3, 0.4) is 0 Å². The van der Waals surface area contributed by atoms with E-state index >= 15 is 0 Å². The van der Waals surface area contributed by atoms with Crippen molar-refractivity contribution in [3.05, 3.63) is 56.4 Å². The molecule has 5 nitrogen and oxygen atoms in total. The maximum Gasteiger partial charge on any atom is 0.263 e. The smallest absolute Gasteiger partial charge is 0.263 e. The molecule has 1 aliphatic rings. The van der Waals surface area contributed by atoms with Gasteiger partial charge in [0.05, 0.1) is 11.7 Å². The Bertz CT molecular complexity index is 1040. The molecule has 26 heavy (non-hydrogen) atoms. The fourth-order valence-electron chi connectivity index (χ4n) is 3.34. The second-order valence-electron chi connectivity index (χ2n) is 6.52. The molecule has 0 aliphatic heterocycles. The lowest BCUT2D eigenvalue weighted by Crippen LogP contribution is -2.32. The second-order valence-corrected chi connectivity index (χ2v) is 8.04. The van der Waals surface area contributed by atoms with Crippen molar-refractivity contribution < 1.29 is 4.79 Å². The van der Waals surface area contributed by atoms with Crippen LogP contribution < -0.4 is 10.9 Å². The fraction of sp³-hybridized carbons (Fsp3) is 0.316. The highest BCUT2D eigenvalue weighted by Gasteiger charge is 2.23. The molecule has 0 saturated carbocycles. The number of fused-ring (bicyclic) bond motifs is 3. The average molecular weight is 388 g/mol. The number of halogens is 1. The topological polar surface area (TPSA) is 64.0 Å². The van der Waals surface area contributed by atoms with Gasteiger partial charge in [0.1, 0.15) is 10.9 Å². The number of nitrogens with zero attached hydrogens (tertiary/aromatic N) is 2. The summed E-state index contributed by atoms with van der Waals surface area (Å²) in [6, 6.07) is 6.21. The Kier molecular flexibility index (Phi) is 4.54. The third kappa shape index (κ3) is 3.04. The van der Waals surface area contributed by atoms with Gasteiger partial charge in [-0.1, -0.05) is 11.6 Å². The highest BCUT2D eigenvalue weighted by molar-refractivity contribution is 7.18. The van der Waals surface area contributed by atoms with E-state index in [-0.39, 0.29) is 11.5 Å². The number of rotatable bonds is 3. The Morgan fingerprint density at radius 3 is 2.77 bits per heavy atom. The van der Waals surface area contributed by atoms with Crippen molar-refractivity contribution in [2.75, 3.05) is 5.32 Å². The molecule has 4 rings (SSSR count). The van der Waals surface area contributed by atoms with E-state index < -0.39 is 6.04 Å². The number of carbonyl (C=O) groups excluding carboxylic acids is 1. The first-order valence-electron chi connectivity index (χ1n) is 8.62. The van der Waals surface area contributed by atoms with Crippen molar-refractivity contribution in [1.29, 1.82) is 0 Å². The normalized spacial score (nSPS) is 14.8. The number of aromatic nitrogens is 2. The number of anilines is 1. The summed E-state index contributed by atoms with van der Waals surface area (Å²) in [6.45, 7) is 1.71. The number of thiophene rings is 1. The monoisotopic (exact) mass is 387 g/mol. The summed E-state index contributed by atoms with van der Waals surface area (Å²) in [6.07, 6.45) is 5.68. The number of hydrogen-bond donors (Lipinski definition) is 1. The first kappa shape index (κ1) is 17.2. The van der Waals surface area contributed by atoms with E-state index in [1.807, 2.05) is 0 Å².